The van der Waals surface area contributed by atoms with Crippen molar-refractivity contribution in [2.45, 2.75) is 26.3 Å². The minimum absolute atomic E-state index is 0.0348. The monoisotopic (exact) mass is 362 g/mol. The van der Waals surface area contributed by atoms with Crippen molar-refractivity contribution in [3.05, 3.63) is 35.0 Å². The van der Waals surface area contributed by atoms with Gasteiger partial charge in [-0.25, -0.2) is 4.98 Å². The highest BCUT2D eigenvalue weighted by molar-refractivity contribution is 6.19. The molecule has 1 aliphatic heterocycles. The number of ketones is 1. The molecule has 0 amide bonds. The van der Waals surface area contributed by atoms with Crippen LogP contribution in [0.2, 0.25) is 0 Å². The van der Waals surface area contributed by atoms with Crippen LogP contribution in [0.15, 0.2) is 22.7 Å². The number of benzene rings is 1. The Bertz CT molecular complexity index is 1110. The normalized spacial score (nSPS) is 17.2. The molecule has 6 nitrogen and oxygen atoms in total. The average Bonchev–Trinajstić information content (AvgIpc) is 3.25. The molecular weight excluding hydrogens is 340 g/mol. The van der Waals surface area contributed by atoms with Crippen LogP contribution >= 0.6 is 0 Å². The van der Waals surface area contributed by atoms with Gasteiger partial charge in [0.1, 0.15) is 6.07 Å². The molecule has 6 heteroatoms. The van der Waals surface area contributed by atoms with Crippen molar-refractivity contribution in [1.29, 1.82) is 5.26 Å². The van der Waals surface area contributed by atoms with Crippen LogP contribution in [0, 0.1) is 18.3 Å². The molecule has 0 bridgehead atoms. The van der Waals surface area contributed by atoms with Gasteiger partial charge in [0.2, 0.25) is 5.71 Å². The SMILES string of the molecule is CC(=O)c1c(C)c(C#N)c2oc3ncccc3c2c1N1CC[C@H](N(C)C)C1. The van der Waals surface area contributed by atoms with E-state index in [2.05, 4.69) is 34.9 Å². The van der Waals surface area contributed by atoms with E-state index in [1.165, 1.54) is 0 Å². The number of nitriles is 1. The molecule has 0 unspecified atom stereocenters. The lowest BCUT2D eigenvalue weighted by atomic mass is 9.93. The molecule has 0 N–H and O–H groups in total. The first-order valence-electron chi connectivity index (χ1n) is 9.10. The second-order valence-corrected chi connectivity index (χ2v) is 7.41. The summed E-state index contributed by atoms with van der Waals surface area (Å²) in [6.07, 6.45) is 2.70. The Balaban J connectivity index is 2.11. The van der Waals surface area contributed by atoms with Crippen molar-refractivity contribution >= 4 is 33.5 Å². The van der Waals surface area contributed by atoms with Crippen LogP contribution in [-0.2, 0) is 0 Å². The minimum Gasteiger partial charge on any atom is -0.436 e. The molecule has 1 atom stereocenters. The number of carbonyl (C=O) groups excluding carboxylic acids is 1. The van der Waals surface area contributed by atoms with Gasteiger partial charge in [-0.05, 0) is 52.1 Å². The molecule has 4 rings (SSSR count). The standard InChI is InChI=1S/C21H22N4O2/c1-12-16(10-22)20-18(15-6-5-8-23-21(15)27-20)19(17(12)13(2)26)25-9-7-14(11-25)24(3)4/h5-6,8,14H,7,9,11H2,1-4H3/t14-/m0/s1. The second kappa shape index (κ2) is 6.36. The Morgan fingerprint density at radius 3 is 2.85 bits per heavy atom. The van der Waals surface area contributed by atoms with E-state index in [0.29, 0.717) is 34.0 Å². The second-order valence-electron chi connectivity index (χ2n) is 7.41. The molecule has 2 aromatic heterocycles. The number of hydrogen-bond acceptors (Lipinski definition) is 6. The van der Waals surface area contributed by atoms with Crippen LogP contribution in [0.25, 0.3) is 22.1 Å². The fourth-order valence-electron chi connectivity index (χ4n) is 4.19. The fraction of sp³-hybridized carbons (Fsp3) is 0.381. The van der Waals surface area contributed by atoms with Crippen molar-refractivity contribution in [1.82, 2.24) is 9.88 Å². The minimum atomic E-state index is -0.0348. The van der Waals surface area contributed by atoms with Gasteiger partial charge in [0, 0.05) is 30.9 Å². The highest BCUT2D eigenvalue weighted by Crippen LogP contribution is 2.43. The van der Waals surface area contributed by atoms with Crippen LogP contribution in [0.3, 0.4) is 0 Å². The Labute approximate surface area is 158 Å². The van der Waals surface area contributed by atoms with E-state index in [4.69, 9.17) is 4.42 Å². The number of fused-ring (bicyclic) bond motifs is 3. The van der Waals surface area contributed by atoms with Crippen LogP contribution in [0.5, 0.6) is 0 Å². The summed E-state index contributed by atoms with van der Waals surface area (Å²) in [5, 5.41) is 11.4. The zero-order valence-corrected chi connectivity index (χ0v) is 16.0. The highest BCUT2D eigenvalue weighted by atomic mass is 16.3. The molecule has 3 heterocycles. The van der Waals surface area contributed by atoms with E-state index in [9.17, 15) is 10.1 Å². The van der Waals surface area contributed by atoms with Crippen LogP contribution in [0.1, 0.15) is 34.8 Å². The van der Waals surface area contributed by atoms with Gasteiger partial charge >= 0.3 is 0 Å². The van der Waals surface area contributed by atoms with Gasteiger partial charge in [-0.2, -0.15) is 5.26 Å². The molecule has 1 saturated heterocycles. The molecule has 0 aliphatic carbocycles. The van der Waals surface area contributed by atoms with E-state index in [1.807, 2.05) is 19.1 Å². The maximum atomic E-state index is 12.6. The number of carbonyl (C=O) groups is 1. The summed E-state index contributed by atoms with van der Waals surface area (Å²) in [5.74, 6) is -0.0348. The Kier molecular flexibility index (Phi) is 4.12. The topological polar surface area (TPSA) is 73.4 Å². The van der Waals surface area contributed by atoms with Crippen LogP contribution in [0.4, 0.5) is 5.69 Å². The number of likely N-dealkylation sites (N-methyl/N-ethyl adjacent to an activating group) is 1. The zero-order chi connectivity index (χ0) is 19.3. The summed E-state index contributed by atoms with van der Waals surface area (Å²) in [4.78, 5) is 21.4. The lowest BCUT2D eigenvalue weighted by Gasteiger charge is -2.25. The lowest BCUT2D eigenvalue weighted by molar-refractivity contribution is 0.101. The van der Waals surface area contributed by atoms with E-state index >= 15 is 0 Å². The fourth-order valence-corrected chi connectivity index (χ4v) is 4.19. The third-order valence-corrected chi connectivity index (χ3v) is 5.59. The van der Waals surface area contributed by atoms with Crippen molar-refractivity contribution in [2.75, 3.05) is 32.1 Å². The predicted octanol–water partition coefficient (Wildman–Crippen LogP) is 3.50. The molecule has 1 fully saturated rings. The van der Waals surface area contributed by atoms with Crippen LogP contribution in [-0.4, -0.2) is 48.9 Å². The molecule has 138 valence electrons. The van der Waals surface area contributed by atoms with Gasteiger partial charge in [-0.3, -0.25) is 4.79 Å². The maximum absolute atomic E-state index is 12.6. The molecular formula is C21H22N4O2. The number of hydrogen-bond donors (Lipinski definition) is 0. The molecule has 1 aliphatic rings. The Morgan fingerprint density at radius 2 is 2.22 bits per heavy atom. The van der Waals surface area contributed by atoms with Crippen molar-refractivity contribution < 1.29 is 9.21 Å². The molecule has 0 radical (unpaired) electrons. The van der Waals surface area contributed by atoms with Crippen LogP contribution < -0.4 is 4.90 Å². The molecule has 0 saturated carbocycles. The number of pyridine rings is 1. The van der Waals surface area contributed by atoms with Gasteiger partial charge < -0.3 is 14.2 Å². The summed E-state index contributed by atoms with van der Waals surface area (Å²) in [7, 11) is 4.16. The first-order chi connectivity index (χ1) is 12.9. The number of nitrogens with zero attached hydrogens (tertiary/aromatic N) is 4. The summed E-state index contributed by atoms with van der Waals surface area (Å²) in [6, 6.07) is 6.46. The Morgan fingerprint density at radius 1 is 1.44 bits per heavy atom. The summed E-state index contributed by atoms with van der Waals surface area (Å²) in [5.41, 5.74) is 3.61. The molecule has 27 heavy (non-hydrogen) atoms. The largest absolute Gasteiger partial charge is 0.436 e. The maximum Gasteiger partial charge on any atom is 0.227 e. The number of aromatic nitrogens is 1. The number of rotatable bonds is 3. The molecule has 1 aromatic carbocycles. The van der Waals surface area contributed by atoms with Crippen molar-refractivity contribution in [3.63, 3.8) is 0 Å². The van der Waals surface area contributed by atoms with Crippen molar-refractivity contribution in [3.8, 4) is 6.07 Å². The number of furan rings is 1. The van der Waals surface area contributed by atoms with Gasteiger partial charge in [-0.1, -0.05) is 0 Å². The number of Topliss-reactive ketones (excluding diaryl/α,β-unsaturated/α-hetero) is 1. The Hall–Kier alpha value is -2.91. The first kappa shape index (κ1) is 17.5. The molecule has 0 spiro atoms. The number of anilines is 1. The highest BCUT2D eigenvalue weighted by Gasteiger charge is 2.32. The first-order valence-corrected chi connectivity index (χ1v) is 9.10. The van der Waals surface area contributed by atoms with Gasteiger partial charge in [0.05, 0.1) is 22.0 Å². The van der Waals surface area contributed by atoms with Crippen molar-refractivity contribution in [2.24, 2.45) is 0 Å². The molecule has 3 aromatic rings. The summed E-state index contributed by atoms with van der Waals surface area (Å²) in [6.45, 7) is 5.09. The average molecular weight is 362 g/mol. The van der Waals surface area contributed by atoms with Gasteiger partial charge in [0.15, 0.2) is 11.4 Å². The van der Waals surface area contributed by atoms with E-state index in [1.54, 1.807) is 13.1 Å². The lowest BCUT2D eigenvalue weighted by Crippen LogP contribution is -2.32. The van der Waals surface area contributed by atoms with E-state index in [-0.39, 0.29) is 5.78 Å². The van der Waals surface area contributed by atoms with E-state index < -0.39 is 0 Å². The predicted molar refractivity (Wildman–Crippen MR) is 105 cm³/mol. The smallest absolute Gasteiger partial charge is 0.227 e. The van der Waals surface area contributed by atoms with Gasteiger partial charge in [-0.15, -0.1) is 0 Å². The quantitative estimate of drug-likeness (QED) is 0.664. The third kappa shape index (κ3) is 2.58. The third-order valence-electron chi connectivity index (χ3n) is 5.59. The summed E-state index contributed by atoms with van der Waals surface area (Å²) >= 11 is 0. The zero-order valence-electron chi connectivity index (χ0n) is 16.0. The van der Waals surface area contributed by atoms with Gasteiger partial charge in [0.25, 0.3) is 0 Å². The summed E-state index contributed by atoms with van der Waals surface area (Å²) < 4.78 is 5.98. The van der Waals surface area contributed by atoms with E-state index in [0.717, 1.165) is 36.0 Å².